The first-order chi connectivity index (χ1) is 12.8. The van der Waals surface area contributed by atoms with Crippen molar-refractivity contribution in [1.82, 2.24) is 11.1 Å². The first kappa shape index (κ1) is 32.5. The predicted molar refractivity (Wildman–Crippen MR) is 125 cm³/mol. The van der Waals surface area contributed by atoms with Crippen molar-refractivity contribution in [2.24, 2.45) is 0 Å². The molecule has 6 heteroatoms. The lowest BCUT2D eigenvalue weighted by Gasteiger charge is -2.04. The number of hydrogen-bond acceptors (Lipinski definition) is 5. The average Bonchev–Trinajstić information content (AvgIpc) is 2.56. The third-order valence-corrected chi connectivity index (χ3v) is 4.89. The molecule has 5 nitrogen and oxygen atoms in total. The third-order valence-electron chi connectivity index (χ3n) is 4.30. The van der Waals surface area contributed by atoms with Gasteiger partial charge in [-0.2, -0.15) is 8.42 Å². The SMILES string of the molecule is CCCCCCCCCCCCCCCCCCOS(C)(=O)=O.CN(C)C.N. The molecule has 28 heavy (non-hydrogen) atoms. The maximum atomic E-state index is 10.8. The Balaban J connectivity index is -0.00000113. The molecule has 0 heterocycles. The van der Waals surface area contributed by atoms with Crippen LogP contribution in [0.4, 0.5) is 0 Å². The monoisotopic (exact) mass is 424 g/mol. The van der Waals surface area contributed by atoms with Crippen LogP contribution in [0.3, 0.4) is 0 Å². The van der Waals surface area contributed by atoms with Crippen molar-refractivity contribution < 1.29 is 12.6 Å². The molecule has 0 unspecified atom stereocenters. The predicted octanol–water partition coefficient (Wildman–Crippen LogP) is 6.56. The summed E-state index contributed by atoms with van der Waals surface area (Å²) in [5.74, 6) is 0. The molecule has 0 saturated carbocycles. The summed E-state index contributed by atoms with van der Waals surface area (Å²) in [4.78, 5) is 2.00. The second-order valence-electron chi connectivity index (χ2n) is 8.17. The van der Waals surface area contributed by atoms with Crippen molar-refractivity contribution in [2.75, 3.05) is 34.0 Å². The highest BCUT2D eigenvalue weighted by molar-refractivity contribution is 7.85. The molecule has 0 aliphatic carbocycles. The highest BCUT2D eigenvalue weighted by Crippen LogP contribution is 2.13. The van der Waals surface area contributed by atoms with Gasteiger partial charge in [0.1, 0.15) is 0 Å². The van der Waals surface area contributed by atoms with Gasteiger partial charge >= 0.3 is 0 Å². The van der Waals surface area contributed by atoms with Crippen molar-refractivity contribution in [3.8, 4) is 0 Å². The molecule has 0 aromatic rings. The largest absolute Gasteiger partial charge is 0.344 e. The van der Waals surface area contributed by atoms with E-state index in [1.807, 2.05) is 26.0 Å². The van der Waals surface area contributed by atoms with Gasteiger partial charge in [-0.15, -0.1) is 0 Å². The van der Waals surface area contributed by atoms with Crippen LogP contribution in [-0.2, 0) is 14.3 Å². The van der Waals surface area contributed by atoms with Gasteiger partial charge in [-0.25, -0.2) is 0 Å². The summed E-state index contributed by atoms with van der Waals surface area (Å²) in [6, 6.07) is 0. The standard InChI is InChI=1S/C19H40O3S.C3H9N.H3N/c1-3-4-5-6-7-8-9-10-11-12-13-14-15-16-17-18-19-22-23(2,20)21;1-4(2)3;/h3-19H2,1-2H3;1-3H3;1H3. The Hall–Kier alpha value is -0.170. The smallest absolute Gasteiger partial charge is 0.264 e. The van der Waals surface area contributed by atoms with Gasteiger partial charge in [0.05, 0.1) is 12.9 Å². The normalized spacial score (nSPS) is 11.1. The van der Waals surface area contributed by atoms with Gasteiger partial charge in [0.2, 0.25) is 0 Å². The number of hydrogen-bond donors (Lipinski definition) is 1. The molecule has 0 spiro atoms. The van der Waals surface area contributed by atoms with E-state index in [9.17, 15) is 8.42 Å². The number of unbranched alkanes of at least 4 members (excludes halogenated alkanes) is 15. The van der Waals surface area contributed by atoms with E-state index in [1.54, 1.807) is 0 Å². The van der Waals surface area contributed by atoms with Crippen LogP contribution >= 0.6 is 0 Å². The Bertz CT molecular complexity index is 371. The minimum Gasteiger partial charge on any atom is -0.344 e. The summed E-state index contributed by atoms with van der Waals surface area (Å²) >= 11 is 0. The molecule has 0 rings (SSSR count). The summed E-state index contributed by atoms with van der Waals surface area (Å²) in [5, 5.41) is 0. The molecule has 0 aromatic carbocycles. The van der Waals surface area contributed by atoms with Crippen LogP contribution in [0.15, 0.2) is 0 Å². The number of nitrogens with zero attached hydrogens (tertiary/aromatic N) is 1. The zero-order valence-electron chi connectivity index (χ0n) is 19.8. The molecule has 0 radical (unpaired) electrons. The zero-order valence-corrected chi connectivity index (χ0v) is 20.6. The van der Waals surface area contributed by atoms with Gasteiger partial charge in [0.15, 0.2) is 0 Å². The van der Waals surface area contributed by atoms with Crippen LogP contribution in [0.1, 0.15) is 110 Å². The van der Waals surface area contributed by atoms with E-state index in [4.69, 9.17) is 4.18 Å². The maximum Gasteiger partial charge on any atom is 0.264 e. The van der Waals surface area contributed by atoms with Crippen LogP contribution in [0.5, 0.6) is 0 Å². The molecular formula is C22H52N2O3S. The Morgan fingerprint density at radius 3 is 1.11 bits per heavy atom. The molecule has 0 amide bonds. The molecule has 0 aliphatic rings. The van der Waals surface area contributed by atoms with Gasteiger partial charge in [0.25, 0.3) is 10.1 Å². The van der Waals surface area contributed by atoms with Crippen molar-refractivity contribution in [1.29, 1.82) is 0 Å². The fourth-order valence-electron chi connectivity index (χ4n) is 2.86. The van der Waals surface area contributed by atoms with E-state index in [1.165, 1.54) is 89.9 Å². The Labute approximate surface area is 177 Å². The molecular weight excluding hydrogens is 372 g/mol. The highest BCUT2D eigenvalue weighted by Gasteiger charge is 2.00. The quantitative estimate of drug-likeness (QED) is 0.199. The van der Waals surface area contributed by atoms with E-state index in [0.29, 0.717) is 6.61 Å². The van der Waals surface area contributed by atoms with Crippen molar-refractivity contribution in [3.05, 3.63) is 0 Å². The minimum atomic E-state index is -3.24. The first-order valence-corrected chi connectivity index (χ1v) is 13.1. The molecule has 0 fully saturated rings. The van der Waals surface area contributed by atoms with E-state index in [-0.39, 0.29) is 6.15 Å². The minimum absolute atomic E-state index is 0. The maximum absolute atomic E-state index is 10.8. The summed E-state index contributed by atoms with van der Waals surface area (Å²) in [7, 11) is 2.76. The van der Waals surface area contributed by atoms with E-state index < -0.39 is 10.1 Å². The summed E-state index contributed by atoms with van der Waals surface area (Å²) in [5.41, 5.74) is 0. The fourth-order valence-corrected chi connectivity index (χ4v) is 3.28. The molecule has 0 aliphatic heterocycles. The Morgan fingerprint density at radius 2 is 0.857 bits per heavy atom. The van der Waals surface area contributed by atoms with E-state index >= 15 is 0 Å². The van der Waals surface area contributed by atoms with Crippen molar-refractivity contribution in [2.45, 2.75) is 110 Å². The van der Waals surface area contributed by atoms with Gasteiger partial charge in [0, 0.05) is 0 Å². The fraction of sp³-hybridized carbons (Fsp3) is 1.00. The molecule has 0 atom stereocenters. The first-order valence-electron chi connectivity index (χ1n) is 11.2. The van der Waals surface area contributed by atoms with Crippen LogP contribution in [0.2, 0.25) is 0 Å². The Kier molecular flexibility index (Phi) is 28.9. The molecule has 0 bridgehead atoms. The second-order valence-corrected chi connectivity index (χ2v) is 9.81. The molecule has 3 N–H and O–H groups in total. The lowest BCUT2D eigenvalue weighted by Crippen LogP contribution is -2.03. The van der Waals surface area contributed by atoms with Crippen LogP contribution < -0.4 is 6.15 Å². The molecule has 174 valence electrons. The van der Waals surface area contributed by atoms with Crippen LogP contribution in [0.25, 0.3) is 0 Å². The van der Waals surface area contributed by atoms with Crippen molar-refractivity contribution in [3.63, 3.8) is 0 Å². The average molecular weight is 425 g/mol. The van der Waals surface area contributed by atoms with E-state index in [2.05, 4.69) is 6.92 Å². The Morgan fingerprint density at radius 1 is 0.607 bits per heavy atom. The molecule has 0 saturated heterocycles. The third kappa shape index (κ3) is 40.5. The lowest BCUT2D eigenvalue weighted by atomic mass is 10.0. The molecule has 0 aromatic heterocycles. The van der Waals surface area contributed by atoms with Gasteiger partial charge in [-0.05, 0) is 27.6 Å². The zero-order chi connectivity index (χ0) is 20.8. The van der Waals surface area contributed by atoms with Crippen LogP contribution in [-0.4, -0.2) is 47.3 Å². The summed E-state index contributed by atoms with van der Waals surface area (Å²) < 4.78 is 26.3. The van der Waals surface area contributed by atoms with Crippen LogP contribution in [0, 0.1) is 0 Å². The summed E-state index contributed by atoms with van der Waals surface area (Å²) in [6.07, 6.45) is 22.3. The highest BCUT2D eigenvalue weighted by atomic mass is 32.2. The van der Waals surface area contributed by atoms with Crippen molar-refractivity contribution >= 4 is 10.1 Å². The lowest BCUT2D eigenvalue weighted by molar-refractivity contribution is 0.309. The second kappa shape index (κ2) is 24.9. The number of rotatable bonds is 18. The van der Waals surface area contributed by atoms with E-state index in [0.717, 1.165) is 19.1 Å². The summed E-state index contributed by atoms with van der Waals surface area (Å²) in [6.45, 7) is 2.62. The van der Waals surface area contributed by atoms with Gasteiger partial charge < -0.3 is 11.1 Å². The van der Waals surface area contributed by atoms with Gasteiger partial charge in [-0.1, -0.05) is 103 Å². The van der Waals surface area contributed by atoms with Gasteiger partial charge in [-0.3, -0.25) is 4.18 Å². The topological polar surface area (TPSA) is 81.6 Å².